The van der Waals surface area contributed by atoms with Crippen LogP contribution in [-0.2, 0) is 4.79 Å². The molecule has 1 atom stereocenters. The third-order valence-electron chi connectivity index (χ3n) is 2.05. The summed E-state index contributed by atoms with van der Waals surface area (Å²) in [5.41, 5.74) is 0.0213. The summed E-state index contributed by atoms with van der Waals surface area (Å²) in [5.74, 6) is -2.64. The fourth-order valence-corrected chi connectivity index (χ4v) is 1.01. The predicted molar refractivity (Wildman–Crippen MR) is 53.1 cm³/mol. The number of carbonyl (C=O) groups excluding carboxylic acids is 1. The maximum Gasteiger partial charge on any atom is 0.416 e. The molecule has 7 nitrogen and oxygen atoms in total. The van der Waals surface area contributed by atoms with Crippen molar-refractivity contribution in [3.05, 3.63) is 22.5 Å². The number of aliphatic carboxylic acids is 1. The minimum Gasteiger partial charge on any atom is -0.481 e. The Hall–Kier alpha value is -2.05. The molecule has 1 aromatic heterocycles. The van der Waals surface area contributed by atoms with Crippen molar-refractivity contribution in [3.63, 3.8) is 0 Å². The van der Waals surface area contributed by atoms with Gasteiger partial charge in [-0.3, -0.25) is 14.6 Å². The number of hydrogen-bond acceptors (Lipinski definition) is 4. The smallest absolute Gasteiger partial charge is 0.416 e. The molecule has 0 saturated carbocycles. The van der Waals surface area contributed by atoms with E-state index in [2.05, 4.69) is 14.7 Å². The summed E-state index contributed by atoms with van der Waals surface area (Å²) in [4.78, 5) is 34.6. The van der Waals surface area contributed by atoms with Gasteiger partial charge in [-0.1, -0.05) is 6.92 Å². The minimum absolute atomic E-state index is 0.0213. The lowest BCUT2D eigenvalue weighted by atomic mass is 10.1. The average Bonchev–Trinajstić information content (AvgIpc) is 2.64. The number of hydrogen-bond donors (Lipinski definition) is 3. The predicted octanol–water partition coefficient (Wildman–Crippen LogP) is -0.192. The Balaban J connectivity index is 2.36. The molecule has 0 fully saturated rings. The Kier molecular flexibility index (Phi) is 3.87. The highest BCUT2D eigenvalue weighted by Crippen LogP contribution is 2.00. The molecular formula is C9H12N2O5. The fourth-order valence-electron chi connectivity index (χ4n) is 1.01. The third kappa shape index (κ3) is 3.26. The molecule has 88 valence electrons. The zero-order valence-corrected chi connectivity index (χ0v) is 8.65. The number of carbonyl (C=O) groups is 2. The van der Waals surface area contributed by atoms with Gasteiger partial charge in [0.25, 0.3) is 5.91 Å². The highest BCUT2D eigenvalue weighted by Gasteiger charge is 2.12. The Morgan fingerprint density at radius 1 is 1.62 bits per heavy atom. The van der Waals surface area contributed by atoms with Crippen molar-refractivity contribution in [2.75, 3.05) is 6.54 Å². The van der Waals surface area contributed by atoms with Crippen LogP contribution in [0, 0.1) is 5.92 Å². The van der Waals surface area contributed by atoms with Crippen LogP contribution in [0.4, 0.5) is 0 Å². The summed E-state index contributed by atoms with van der Waals surface area (Å²) in [5, 5.41) is 11.1. The zero-order chi connectivity index (χ0) is 12.1. The van der Waals surface area contributed by atoms with Gasteiger partial charge in [0, 0.05) is 6.54 Å². The molecule has 0 bridgehead atoms. The maximum atomic E-state index is 11.3. The molecule has 7 heteroatoms. The summed E-state index contributed by atoms with van der Waals surface area (Å²) >= 11 is 0. The molecule has 1 aromatic rings. The van der Waals surface area contributed by atoms with Crippen LogP contribution in [0.25, 0.3) is 0 Å². The van der Waals surface area contributed by atoms with Gasteiger partial charge in [-0.25, -0.2) is 4.79 Å². The zero-order valence-electron chi connectivity index (χ0n) is 8.65. The van der Waals surface area contributed by atoms with Crippen molar-refractivity contribution in [1.82, 2.24) is 10.3 Å². The van der Waals surface area contributed by atoms with Crippen molar-refractivity contribution < 1.29 is 19.1 Å². The Labute approximate surface area is 90.5 Å². The standard InChI is InChI=1S/C9H12N2O5/c1-5(8(13)14)2-3-10-7(12)6-4-16-9(15)11-6/h4-5H,2-3H2,1H3,(H,10,12)(H,11,15)(H,13,14)/t5-/m1/s1. The highest BCUT2D eigenvalue weighted by molar-refractivity contribution is 5.91. The van der Waals surface area contributed by atoms with Crippen LogP contribution >= 0.6 is 0 Å². The number of aromatic nitrogens is 1. The molecule has 0 aromatic carbocycles. The Morgan fingerprint density at radius 2 is 2.31 bits per heavy atom. The number of H-pyrrole nitrogens is 1. The first-order valence-electron chi connectivity index (χ1n) is 4.69. The SMILES string of the molecule is C[C@H](CCNC(=O)c1coc(=O)[nH]1)C(=O)O. The highest BCUT2D eigenvalue weighted by atomic mass is 16.4. The van der Waals surface area contributed by atoms with Gasteiger partial charge in [0.2, 0.25) is 0 Å². The Morgan fingerprint density at radius 3 is 2.81 bits per heavy atom. The lowest BCUT2D eigenvalue weighted by Crippen LogP contribution is -2.27. The van der Waals surface area contributed by atoms with Crippen LogP contribution in [0.5, 0.6) is 0 Å². The van der Waals surface area contributed by atoms with Crippen molar-refractivity contribution in [2.45, 2.75) is 13.3 Å². The molecule has 0 radical (unpaired) electrons. The number of oxazole rings is 1. The van der Waals surface area contributed by atoms with E-state index in [9.17, 15) is 14.4 Å². The first kappa shape index (κ1) is 12.0. The molecule has 16 heavy (non-hydrogen) atoms. The molecule has 0 aliphatic carbocycles. The Bertz CT molecular complexity index is 433. The summed E-state index contributed by atoms with van der Waals surface area (Å²) < 4.78 is 4.39. The molecule has 0 unspecified atom stereocenters. The van der Waals surface area contributed by atoms with Crippen LogP contribution < -0.4 is 11.1 Å². The van der Waals surface area contributed by atoms with E-state index in [0.717, 1.165) is 6.26 Å². The van der Waals surface area contributed by atoms with Gasteiger partial charge in [-0.2, -0.15) is 0 Å². The molecule has 0 aliphatic heterocycles. The van der Waals surface area contributed by atoms with E-state index in [1.54, 1.807) is 6.92 Å². The fraction of sp³-hybridized carbons (Fsp3) is 0.444. The first-order chi connectivity index (χ1) is 7.50. The van der Waals surface area contributed by atoms with Gasteiger partial charge in [-0.15, -0.1) is 0 Å². The molecule has 1 amide bonds. The quantitative estimate of drug-likeness (QED) is 0.646. The maximum absolute atomic E-state index is 11.3. The second kappa shape index (κ2) is 5.15. The number of nitrogens with one attached hydrogen (secondary N) is 2. The van der Waals surface area contributed by atoms with E-state index in [-0.39, 0.29) is 12.2 Å². The van der Waals surface area contributed by atoms with Crippen LogP contribution in [0.3, 0.4) is 0 Å². The van der Waals surface area contributed by atoms with Gasteiger partial charge in [-0.05, 0) is 6.42 Å². The molecule has 1 rings (SSSR count). The summed E-state index contributed by atoms with van der Waals surface area (Å²) in [6, 6.07) is 0. The lowest BCUT2D eigenvalue weighted by molar-refractivity contribution is -0.141. The number of amides is 1. The topological polar surface area (TPSA) is 112 Å². The largest absolute Gasteiger partial charge is 0.481 e. The second-order valence-electron chi connectivity index (χ2n) is 3.35. The molecule has 0 aliphatic rings. The van der Waals surface area contributed by atoms with E-state index >= 15 is 0 Å². The van der Waals surface area contributed by atoms with Crippen molar-refractivity contribution in [1.29, 1.82) is 0 Å². The van der Waals surface area contributed by atoms with Gasteiger partial charge >= 0.3 is 11.7 Å². The van der Waals surface area contributed by atoms with E-state index in [1.807, 2.05) is 0 Å². The summed E-state index contributed by atoms with van der Waals surface area (Å²) in [6.07, 6.45) is 1.33. The summed E-state index contributed by atoms with van der Waals surface area (Å²) in [7, 11) is 0. The van der Waals surface area contributed by atoms with Crippen LogP contribution in [0.1, 0.15) is 23.8 Å². The molecular weight excluding hydrogens is 216 g/mol. The number of aromatic amines is 1. The molecule has 0 saturated heterocycles. The minimum atomic E-state index is -0.911. The molecule has 3 N–H and O–H groups in total. The molecule has 0 spiro atoms. The normalized spacial score (nSPS) is 12.1. The molecule has 1 heterocycles. The second-order valence-corrected chi connectivity index (χ2v) is 3.35. The van der Waals surface area contributed by atoms with Crippen LogP contribution in [0.2, 0.25) is 0 Å². The van der Waals surface area contributed by atoms with Crippen molar-refractivity contribution >= 4 is 11.9 Å². The number of carboxylic acid groups (broad SMARTS) is 1. The summed E-state index contributed by atoms with van der Waals surface area (Å²) in [6.45, 7) is 1.77. The van der Waals surface area contributed by atoms with Gasteiger partial charge in [0.15, 0.2) is 0 Å². The van der Waals surface area contributed by atoms with E-state index in [4.69, 9.17) is 5.11 Å². The first-order valence-corrected chi connectivity index (χ1v) is 4.69. The van der Waals surface area contributed by atoms with E-state index in [1.165, 1.54) is 0 Å². The number of rotatable bonds is 5. The van der Waals surface area contributed by atoms with Gasteiger partial charge < -0.3 is 14.8 Å². The number of carboxylic acids is 1. The van der Waals surface area contributed by atoms with Crippen molar-refractivity contribution in [2.24, 2.45) is 5.92 Å². The van der Waals surface area contributed by atoms with Crippen LogP contribution in [0.15, 0.2) is 15.5 Å². The van der Waals surface area contributed by atoms with Crippen molar-refractivity contribution in [3.8, 4) is 0 Å². The van der Waals surface area contributed by atoms with E-state index in [0.29, 0.717) is 6.42 Å². The lowest BCUT2D eigenvalue weighted by Gasteiger charge is -2.06. The van der Waals surface area contributed by atoms with E-state index < -0.39 is 23.6 Å². The van der Waals surface area contributed by atoms with Gasteiger partial charge in [0.1, 0.15) is 12.0 Å². The van der Waals surface area contributed by atoms with Crippen LogP contribution in [-0.4, -0.2) is 28.5 Å². The third-order valence-corrected chi connectivity index (χ3v) is 2.05. The monoisotopic (exact) mass is 228 g/mol. The average molecular weight is 228 g/mol. The van der Waals surface area contributed by atoms with Gasteiger partial charge in [0.05, 0.1) is 5.92 Å².